The molecule has 142 valence electrons. The summed E-state index contributed by atoms with van der Waals surface area (Å²) in [5, 5.41) is 9.19. The predicted molar refractivity (Wildman–Crippen MR) is 97.5 cm³/mol. The number of nitrogens with zero attached hydrogens (tertiary/aromatic N) is 1. The summed E-state index contributed by atoms with van der Waals surface area (Å²) in [5.41, 5.74) is -0.250. The summed E-state index contributed by atoms with van der Waals surface area (Å²) in [6.07, 6.45) is 0. The maximum atomic E-state index is 14.8. The van der Waals surface area contributed by atoms with Crippen LogP contribution in [0.4, 0.5) is 17.6 Å². The third kappa shape index (κ3) is 2.84. The van der Waals surface area contributed by atoms with Crippen LogP contribution in [-0.4, -0.2) is 15.1 Å². The number of aromatic nitrogens is 2. The molecule has 0 bridgehead atoms. The summed E-state index contributed by atoms with van der Waals surface area (Å²) >= 11 is 0. The van der Waals surface area contributed by atoms with Crippen LogP contribution in [0.2, 0.25) is 0 Å². The maximum Gasteiger partial charge on any atom is 0.170 e. The lowest BCUT2D eigenvalue weighted by molar-refractivity contribution is 0.282. The number of fused-ring (bicyclic) bond motifs is 1. The Balaban J connectivity index is 1.94. The molecule has 0 aliphatic rings. The number of nitrogens with one attached hydrogen (secondary N) is 1. The van der Waals surface area contributed by atoms with Crippen LogP contribution in [0, 0.1) is 30.2 Å². The molecule has 0 atom stereocenters. The van der Waals surface area contributed by atoms with Gasteiger partial charge in [-0.3, -0.25) is 0 Å². The standard InChI is InChI=1S/C21H14F4N2O/c1-10-26-14-6-5-13(8-15(14)27-10)17-20(24)18(22)16(19(23)21(17)25)12-4-2-3-11(7-12)9-28/h2-8,28H,9H2,1H3,(H,26,27). The van der Waals surface area contributed by atoms with Gasteiger partial charge < -0.3 is 10.1 Å². The van der Waals surface area contributed by atoms with E-state index in [4.69, 9.17) is 0 Å². The maximum absolute atomic E-state index is 14.8. The molecule has 0 unspecified atom stereocenters. The van der Waals surface area contributed by atoms with Crippen molar-refractivity contribution in [1.29, 1.82) is 0 Å². The zero-order valence-corrected chi connectivity index (χ0v) is 14.7. The zero-order valence-electron chi connectivity index (χ0n) is 14.7. The van der Waals surface area contributed by atoms with E-state index in [0.29, 0.717) is 22.4 Å². The first kappa shape index (κ1) is 18.2. The monoisotopic (exact) mass is 386 g/mol. The topological polar surface area (TPSA) is 48.9 Å². The first-order valence-corrected chi connectivity index (χ1v) is 8.43. The summed E-state index contributed by atoms with van der Waals surface area (Å²) in [6, 6.07) is 9.83. The van der Waals surface area contributed by atoms with Crippen molar-refractivity contribution < 1.29 is 22.7 Å². The molecular weight excluding hydrogens is 372 g/mol. The molecule has 0 amide bonds. The van der Waals surface area contributed by atoms with Gasteiger partial charge in [0.05, 0.1) is 28.8 Å². The number of rotatable bonds is 3. The second-order valence-electron chi connectivity index (χ2n) is 6.42. The van der Waals surface area contributed by atoms with Gasteiger partial charge in [0.2, 0.25) is 0 Å². The highest BCUT2D eigenvalue weighted by atomic mass is 19.2. The highest BCUT2D eigenvalue weighted by Gasteiger charge is 2.27. The molecule has 3 aromatic carbocycles. The molecule has 0 aliphatic carbocycles. The molecule has 1 heterocycles. The number of aliphatic hydroxyl groups excluding tert-OH is 1. The Bertz CT molecular complexity index is 1190. The molecule has 3 nitrogen and oxygen atoms in total. The lowest BCUT2D eigenvalue weighted by Crippen LogP contribution is -2.03. The number of H-pyrrole nitrogens is 1. The zero-order chi connectivity index (χ0) is 20.0. The summed E-state index contributed by atoms with van der Waals surface area (Å²) in [4.78, 5) is 7.11. The summed E-state index contributed by atoms with van der Waals surface area (Å²) in [6.45, 7) is 1.35. The lowest BCUT2D eigenvalue weighted by Gasteiger charge is -2.13. The quantitative estimate of drug-likeness (QED) is 0.373. The van der Waals surface area contributed by atoms with Gasteiger partial charge in [-0.05, 0) is 41.8 Å². The van der Waals surface area contributed by atoms with Crippen LogP contribution in [0.3, 0.4) is 0 Å². The van der Waals surface area contributed by atoms with Crippen molar-refractivity contribution in [2.75, 3.05) is 0 Å². The van der Waals surface area contributed by atoms with Crippen LogP contribution in [0.1, 0.15) is 11.4 Å². The summed E-state index contributed by atoms with van der Waals surface area (Å²) < 4.78 is 59.1. The second-order valence-corrected chi connectivity index (χ2v) is 6.42. The minimum Gasteiger partial charge on any atom is -0.392 e. The molecule has 4 rings (SSSR count). The Labute approximate surface area is 157 Å². The van der Waals surface area contributed by atoms with Gasteiger partial charge >= 0.3 is 0 Å². The number of aliphatic hydroxyl groups is 1. The molecule has 1 aromatic heterocycles. The normalized spacial score (nSPS) is 11.4. The Morgan fingerprint density at radius 2 is 1.46 bits per heavy atom. The molecule has 0 spiro atoms. The Morgan fingerprint density at radius 3 is 2.07 bits per heavy atom. The summed E-state index contributed by atoms with van der Waals surface area (Å²) in [5.74, 6) is -5.36. The molecule has 0 saturated heterocycles. The van der Waals surface area contributed by atoms with E-state index >= 15 is 0 Å². The molecule has 0 aliphatic heterocycles. The Kier molecular flexibility index (Phi) is 4.39. The predicted octanol–water partition coefficient (Wildman–Crippen LogP) is 5.25. The number of imidazole rings is 1. The van der Waals surface area contributed by atoms with Crippen LogP contribution >= 0.6 is 0 Å². The van der Waals surface area contributed by atoms with Crippen molar-refractivity contribution in [2.45, 2.75) is 13.5 Å². The molecule has 0 radical (unpaired) electrons. The van der Waals surface area contributed by atoms with Gasteiger partial charge in [-0.25, -0.2) is 22.5 Å². The number of aromatic amines is 1. The minimum atomic E-state index is -1.50. The lowest BCUT2D eigenvalue weighted by atomic mass is 9.96. The van der Waals surface area contributed by atoms with Crippen molar-refractivity contribution in [3.63, 3.8) is 0 Å². The molecule has 2 N–H and O–H groups in total. The number of hydrogen-bond acceptors (Lipinski definition) is 2. The van der Waals surface area contributed by atoms with E-state index in [9.17, 15) is 22.7 Å². The number of halogens is 4. The smallest absolute Gasteiger partial charge is 0.170 e. The average Bonchev–Trinajstić information content (AvgIpc) is 3.06. The fourth-order valence-electron chi connectivity index (χ4n) is 3.26. The van der Waals surface area contributed by atoms with Crippen LogP contribution in [0.15, 0.2) is 42.5 Å². The average molecular weight is 386 g/mol. The van der Waals surface area contributed by atoms with Gasteiger partial charge in [-0.15, -0.1) is 0 Å². The highest BCUT2D eigenvalue weighted by Crippen LogP contribution is 2.37. The molecule has 7 heteroatoms. The fourth-order valence-corrected chi connectivity index (χ4v) is 3.26. The van der Waals surface area contributed by atoms with Crippen molar-refractivity contribution in [1.82, 2.24) is 9.97 Å². The molecule has 0 saturated carbocycles. The number of aryl methyl sites for hydroxylation is 1. The van der Waals surface area contributed by atoms with Crippen molar-refractivity contribution >= 4 is 11.0 Å². The van der Waals surface area contributed by atoms with E-state index < -0.39 is 34.4 Å². The van der Waals surface area contributed by atoms with Gasteiger partial charge in [0.1, 0.15) is 5.82 Å². The van der Waals surface area contributed by atoms with Gasteiger partial charge in [0.25, 0.3) is 0 Å². The van der Waals surface area contributed by atoms with E-state index in [0.717, 1.165) is 0 Å². The molecule has 28 heavy (non-hydrogen) atoms. The third-order valence-corrected chi connectivity index (χ3v) is 4.55. The Hall–Kier alpha value is -3.19. The van der Waals surface area contributed by atoms with Crippen molar-refractivity contribution in [3.8, 4) is 22.3 Å². The second kappa shape index (κ2) is 6.76. The van der Waals surface area contributed by atoms with Crippen LogP contribution in [-0.2, 0) is 6.61 Å². The first-order valence-electron chi connectivity index (χ1n) is 8.43. The largest absolute Gasteiger partial charge is 0.392 e. The molecule has 0 fully saturated rings. The van der Waals surface area contributed by atoms with Crippen molar-refractivity contribution in [2.24, 2.45) is 0 Å². The van der Waals surface area contributed by atoms with Crippen LogP contribution in [0.5, 0.6) is 0 Å². The first-order chi connectivity index (χ1) is 13.4. The van der Waals surface area contributed by atoms with Gasteiger partial charge in [-0.2, -0.15) is 0 Å². The van der Waals surface area contributed by atoms with Crippen molar-refractivity contribution in [3.05, 3.63) is 77.1 Å². The highest BCUT2D eigenvalue weighted by molar-refractivity contribution is 5.83. The van der Waals surface area contributed by atoms with E-state index in [1.807, 2.05) is 0 Å². The van der Waals surface area contributed by atoms with Crippen LogP contribution < -0.4 is 0 Å². The summed E-state index contributed by atoms with van der Waals surface area (Å²) in [7, 11) is 0. The molecular formula is C21H14F4N2O. The molecule has 4 aromatic rings. The van der Waals surface area contributed by atoms with E-state index in [1.165, 1.54) is 42.5 Å². The number of hydrogen-bond donors (Lipinski definition) is 2. The van der Waals surface area contributed by atoms with E-state index in [1.54, 1.807) is 6.92 Å². The fraction of sp³-hybridized carbons (Fsp3) is 0.0952. The SMILES string of the molecule is Cc1nc2ccc(-c3c(F)c(F)c(-c4cccc(CO)c4)c(F)c3F)cc2[nH]1. The van der Waals surface area contributed by atoms with E-state index in [-0.39, 0.29) is 17.7 Å². The van der Waals surface area contributed by atoms with E-state index in [2.05, 4.69) is 9.97 Å². The van der Waals surface area contributed by atoms with Gasteiger partial charge in [0, 0.05) is 0 Å². The minimum absolute atomic E-state index is 0.0143. The number of benzene rings is 3. The Morgan fingerprint density at radius 1 is 0.857 bits per heavy atom. The third-order valence-electron chi connectivity index (χ3n) is 4.55. The van der Waals surface area contributed by atoms with Gasteiger partial charge in [0.15, 0.2) is 23.3 Å². The van der Waals surface area contributed by atoms with Crippen LogP contribution in [0.25, 0.3) is 33.3 Å². The van der Waals surface area contributed by atoms with Gasteiger partial charge in [-0.1, -0.05) is 24.3 Å².